The van der Waals surface area contributed by atoms with E-state index in [0.717, 1.165) is 18.7 Å². The van der Waals surface area contributed by atoms with Crippen molar-refractivity contribution in [3.8, 4) is 0 Å². The topological polar surface area (TPSA) is 87.9 Å². The number of benzene rings is 1. The molecule has 1 atom stereocenters. The Balaban J connectivity index is 1.27. The largest absolute Gasteiger partial charge is 0.378 e. The average Bonchev–Trinajstić information content (AvgIpc) is 3.20. The third-order valence-corrected chi connectivity index (χ3v) is 5.97. The van der Waals surface area contributed by atoms with Gasteiger partial charge >= 0.3 is 0 Å². The van der Waals surface area contributed by atoms with Crippen LogP contribution in [0.15, 0.2) is 35.3 Å². The summed E-state index contributed by atoms with van der Waals surface area (Å²) >= 11 is 5.56. The van der Waals surface area contributed by atoms with Crippen LogP contribution in [0.2, 0.25) is 0 Å². The summed E-state index contributed by atoms with van der Waals surface area (Å²) in [5.74, 6) is 1.11. The number of hydrogen-bond donors (Lipinski definition) is 1. The molecule has 0 aliphatic carbocycles. The predicted octanol–water partition coefficient (Wildman–Crippen LogP) is 0.776. The molecule has 1 aromatic heterocycles. The summed E-state index contributed by atoms with van der Waals surface area (Å²) in [4.78, 5) is 25.9. The van der Waals surface area contributed by atoms with E-state index in [4.69, 9.17) is 17.0 Å². The average molecular weight is 426 g/mol. The number of nitrogens with one attached hydrogen (secondary N) is 1. The summed E-state index contributed by atoms with van der Waals surface area (Å²) < 4.78 is 7.20. The first-order valence-corrected chi connectivity index (χ1v) is 10.5. The molecular formula is C20H23N7O2S. The van der Waals surface area contributed by atoms with Crippen LogP contribution in [-0.2, 0) is 22.6 Å². The number of likely N-dealkylation sites (tertiary alicyclic amines) is 1. The lowest BCUT2D eigenvalue weighted by Crippen LogP contribution is -2.54. The molecule has 156 valence electrons. The molecule has 3 aliphatic rings. The quantitative estimate of drug-likeness (QED) is 0.722. The first kappa shape index (κ1) is 19.1. The Hall–Kier alpha value is -2.85. The number of piperidine rings is 1. The van der Waals surface area contributed by atoms with Gasteiger partial charge < -0.3 is 19.9 Å². The first-order chi connectivity index (χ1) is 14.7. The summed E-state index contributed by atoms with van der Waals surface area (Å²) in [5.41, 5.74) is 1.73. The molecular weight excluding hydrogens is 402 g/mol. The standard InChI is InChI=1S/C20H23N7O2S/c28-16-13-26(20(30)21-10-14-4-2-1-3-5-14)11-15-12-27-18(22-17(15)16)23-19(24-27)25-6-8-29-9-7-25/h1-5,15H,6-13H2,(H,21,30). The van der Waals surface area contributed by atoms with Crippen LogP contribution < -0.4 is 10.2 Å². The molecule has 0 radical (unpaired) electrons. The molecule has 1 N–H and O–H groups in total. The fourth-order valence-corrected chi connectivity index (χ4v) is 4.19. The van der Waals surface area contributed by atoms with Crippen molar-refractivity contribution in [3.05, 3.63) is 35.9 Å². The molecule has 4 heterocycles. The number of carbonyl (C=O) groups is 1. The Morgan fingerprint density at radius 1 is 1.20 bits per heavy atom. The Morgan fingerprint density at radius 3 is 2.80 bits per heavy atom. The molecule has 0 amide bonds. The Kier molecular flexibility index (Phi) is 5.17. The highest BCUT2D eigenvalue weighted by atomic mass is 32.1. The SMILES string of the molecule is O=C1CN(C(=S)NCc2ccccc2)CC2Cn3nc(N4CCOCC4)nc3N=C12. The third kappa shape index (κ3) is 3.80. The molecule has 2 aromatic rings. The number of thiocarbonyl (C=S) groups is 1. The Labute approximate surface area is 179 Å². The minimum atomic E-state index is -0.0468. The molecule has 5 rings (SSSR count). The van der Waals surface area contributed by atoms with Gasteiger partial charge in [0.05, 0.1) is 32.0 Å². The molecule has 0 saturated carbocycles. The van der Waals surface area contributed by atoms with Gasteiger partial charge in [-0.2, -0.15) is 4.98 Å². The van der Waals surface area contributed by atoms with Crippen molar-refractivity contribution in [1.82, 2.24) is 25.0 Å². The fourth-order valence-electron chi connectivity index (χ4n) is 3.98. The Morgan fingerprint density at radius 2 is 2.00 bits per heavy atom. The minimum Gasteiger partial charge on any atom is -0.378 e. The normalized spacial score (nSPS) is 21.0. The molecule has 30 heavy (non-hydrogen) atoms. The monoisotopic (exact) mass is 425 g/mol. The number of rotatable bonds is 3. The van der Waals surface area contributed by atoms with Crippen molar-refractivity contribution < 1.29 is 9.53 Å². The van der Waals surface area contributed by atoms with Crippen LogP contribution in [0.25, 0.3) is 0 Å². The number of aromatic nitrogens is 3. The second-order valence-electron chi connectivity index (χ2n) is 7.64. The summed E-state index contributed by atoms with van der Waals surface area (Å²) in [6, 6.07) is 10.1. The predicted molar refractivity (Wildman–Crippen MR) is 116 cm³/mol. The van der Waals surface area contributed by atoms with Crippen LogP contribution in [0.5, 0.6) is 0 Å². The lowest BCUT2D eigenvalue weighted by molar-refractivity contribution is -0.114. The molecule has 9 nitrogen and oxygen atoms in total. The second kappa shape index (κ2) is 8.11. The number of morpholine rings is 1. The minimum absolute atomic E-state index is 0.00252. The van der Waals surface area contributed by atoms with E-state index in [0.29, 0.717) is 55.6 Å². The number of aliphatic imine (C=N–C) groups is 1. The zero-order chi connectivity index (χ0) is 20.5. The lowest BCUT2D eigenvalue weighted by Gasteiger charge is -2.35. The smallest absolute Gasteiger partial charge is 0.250 e. The number of ether oxygens (including phenoxy) is 1. The highest BCUT2D eigenvalue weighted by molar-refractivity contribution is 7.80. The number of anilines is 1. The van der Waals surface area contributed by atoms with Crippen molar-refractivity contribution in [3.63, 3.8) is 0 Å². The van der Waals surface area contributed by atoms with Crippen molar-refractivity contribution >= 4 is 40.7 Å². The van der Waals surface area contributed by atoms with E-state index in [1.54, 1.807) is 4.68 Å². The van der Waals surface area contributed by atoms with E-state index in [-0.39, 0.29) is 18.2 Å². The van der Waals surface area contributed by atoms with Crippen LogP contribution in [0.3, 0.4) is 0 Å². The number of nitrogens with zero attached hydrogens (tertiary/aromatic N) is 6. The maximum Gasteiger partial charge on any atom is 0.250 e. The molecule has 1 aromatic carbocycles. The van der Waals surface area contributed by atoms with Crippen molar-refractivity contribution in [2.24, 2.45) is 10.9 Å². The van der Waals surface area contributed by atoms with Crippen LogP contribution in [0.1, 0.15) is 5.56 Å². The molecule has 2 saturated heterocycles. The zero-order valence-corrected chi connectivity index (χ0v) is 17.3. The van der Waals surface area contributed by atoms with Crippen LogP contribution in [0.4, 0.5) is 11.9 Å². The van der Waals surface area contributed by atoms with Gasteiger partial charge in [0.1, 0.15) is 0 Å². The van der Waals surface area contributed by atoms with E-state index < -0.39 is 0 Å². The van der Waals surface area contributed by atoms with E-state index in [1.165, 1.54) is 0 Å². The summed E-state index contributed by atoms with van der Waals surface area (Å²) in [7, 11) is 0. The Bertz CT molecular complexity index is 984. The molecule has 2 fully saturated rings. The van der Waals surface area contributed by atoms with Gasteiger partial charge in [0, 0.05) is 32.1 Å². The first-order valence-electron chi connectivity index (χ1n) is 10.1. The number of hydrogen-bond acceptors (Lipinski definition) is 7. The van der Waals surface area contributed by atoms with Gasteiger partial charge in [-0.25, -0.2) is 9.67 Å². The van der Waals surface area contributed by atoms with Gasteiger partial charge in [0.2, 0.25) is 11.9 Å². The maximum absolute atomic E-state index is 12.8. The summed E-state index contributed by atoms with van der Waals surface area (Å²) in [6.07, 6.45) is 0. The highest BCUT2D eigenvalue weighted by Crippen LogP contribution is 2.27. The fraction of sp³-hybridized carbons (Fsp3) is 0.450. The third-order valence-electron chi connectivity index (χ3n) is 5.57. The summed E-state index contributed by atoms with van der Waals surface area (Å²) in [5, 5.41) is 8.48. The highest BCUT2D eigenvalue weighted by Gasteiger charge is 2.37. The molecule has 1 unspecified atom stereocenters. The van der Waals surface area contributed by atoms with E-state index >= 15 is 0 Å². The van der Waals surface area contributed by atoms with Crippen molar-refractivity contribution in [2.75, 3.05) is 44.3 Å². The van der Waals surface area contributed by atoms with Gasteiger partial charge in [0.25, 0.3) is 0 Å². The molecule has 0 spiro atoms. The van der Waals surface area contributed by atoms with Gasteiger partial charge in [-0.3, -0.25) is 4.79 Å². The summed E-state index contributed by atoms with van der Waals surface area (Å²) in [6.45, 7) is 4.94. The number of ketones is 1. The van der Waals surface area contributed by atoms with Crippen LogP contribution in [-0.4, -0.2) is 75.7 Å². The lowest BCUT2D eigenvalue weighted by atomic mass is 9.93. The number of carbonyl (C=O) groups excluding carboxylic acids is 1. The van der Waals surface area contributed by atoms with Crippen LogP contribution in [0, 0.1) is 5.92 Å². The van der Waals surface area contributed by atoms with Gasteiger partial charge in [-0.05, 0) is 17.8 Å². The maximum atomic E-state index is 12.8. The van der Waals surface area contributed by atoms with E-state index in [1.807, 2.05) is 35.2 Å². The molecule has 3 aliphatic heterocycles. The van der Waals surface area contributed by atoms with Crippen LogP contribution >= 0.6 is 12.2 Å². The van der Waals surface area contributed by atoms with Crippen molar-refractivity contribution in [2.45, 2.75) is 13.1 Å². The van der Waals surface area contributed by atoms with Crippen molar-refractivity contribution in [1.29, 1.82) is 0 Å². The van der Waals surface area contributed by atoms with Gasteiger partial charge in [0.15, 0.2) is 10.9 Å². The second-order valence-corrected chi connectivity index (χ2v) is 8.02. The molecule has 10 heteroatoms. The number of fused-ring (bicyclic) bond motifs is 2. The number of Topliss-reactive ketones (excluding diaryl/α,β-unsaturated/α-hetero) is 1. The van der Waals surface area contributed by atoms with Gasteiger partial charge in [-0.15, -0.1) is 5.10 Å². The van der Waals surface area contributed by atoms with E-state index in [9.17, 15) is 4.79 Å². The van der Waals surface area contributed by atoms with E-state index in [2.05, 4.69) is 25.3 Å². The van der Waals surface area contributed by atoms with Gasteiger partial charge in [-0.1, -0.05) is 30.3 Å². The molecule has 0 bridgehead atoms. The zero-order valence-electron chi connectivity index (χ0n) is 16.5.